The zero-order chi connectivity index (χ0) is 21.6. The molecule has 9 aliphatic rings. The standard InChI is InChI=1S/C31H44NP/c1-4-8-32(9-5-1)28-6-2-3-7-29(28)33(30-16-22-10-23(17-30)12-24(11-22)18-30)31-19-25-13-26(20-31)15-27(14-25)21-31/h2-3,6-7,22-27H,1,4-5,8-21H2. The molecule has 8 saturated carbocycles. The van der Waals surface area contributed by atoms with E-state index in [2.05, 4.69) is 29.2 Å². The molecule has 1 aliphatic heterocycles. The third-order valence-electron chi connectivity index (χ3n) is 11.8. The molecule has 1 saturated heterocycles. The van der Waals surface area contributed by atoms with E-state index in [1.807, 2.05) is 5.30 Å². The van der Waals surface area contributed by atoms with Gasteiger partial charge < -0.3 is 4.90 Å². The van der Waals surface area contributed by atoms with Gasteiger partial charge in [0.2, 0.25) is 0 Å². The fourth-order valence-electron chi connectivity index (χ4n) is 11.7. The third kappa shape index (κ3) is 3.19. The minimum Gasteiger partial charge on any atom is -0.371 e. The fraction of sp³-hybridized carbons (Fsp3) is 0.806. The Hall–Kier alpha value is -0.550. The molecule has 0 radical (unpaired) electrons. The van der Waals surface area contributed by atoms with Crippen LogP contribution >= 0.6 is 7.92 Å². The van der Waals surface area contributed by atoms with Crippen LogP contribution in [0.1, 0.15) is 96.3 Å². The van der Waals surface area contributed by atoms with Gasteiger partial charge in [0.15, 0.2) is 0 Å². The molecule has 9 fully saturated rings. The maximum Gasteiger partial charge on any atom is 0.0444 e. The summed E-state index contributed by atoms with van der Waals surface area (Å²) in [5.74, 6) is 6.49. The topological polar surface area (TPSA) is 3.24 Å². The summed E-state index contributed by atoms with van der Waals surface area (Å²) in [4.78, 5) is 2.84. The Bertz CT molecular complexity index is 799. The van der Waals surface area contributed by atoms with Crippen molar-refractivity contribution in [2.45, 2.75) is 107 Å². The molecule has 1 aromatic rings. The Morgan fingerprint density at radius 2 is 1.00 bits per heavy atom. The number of rotatable bonds is 4. The monoisotopic (exact) mass is 461 g/mol. The summed E-state index contributed by atoms with van der Waals surface area (Å²) in [7, 11) is -0.0912. The Balaban J connectivity index is 1.29. The largest absolute Gasteiger partial charge is 0.371 e. The lowest BCUT2D eigenvalue weighted by Gasteiger charge is -2.67. The van der Waals surface area contributed by atoms with Crippen LogP contribution in [-0.2, 0) is 0 Å². The second-order valence-corrected chi connectivity index (χ2v) is 17.2. The van der Waals surface area contributed by atoms with E-state index in [1.54, 1.807) is 82.7 Å². The first-order chi connectivity index (χ1) is 16.2. The summed E-state index contributed by atoms with van der Waals surface area (Å²) < 4.78 is 0. The highest BCUT2D eigenvalue weighted by molar-refractivity contribution is 7.69. The molecular weight excluding hydrogens is 417 g/mol. The van der Waals surface area contributed by atoms with Crippen LogP contribution in [-0.4, -0.2) is 23.4 Å². The third-order valence-corrected chi connectivity index (χ3v) is 15.6. The van der Waals surface area contributed by atoms with Gasteiger partial charge in [0.25, 0.3) is 0 Å². The van der Waals surface area contributed by atoms with E-state index >= 15 is 0 Å². The maximum atomic E-state index is 2.84. The first kappa shape index (κ1) is 20.6. The number of piperidine rings is 1. The van der Waals surface area contributed by atoms with Crippen LogP contribution < -0.4 is 10.2 Å². The van der Waals surface area contributed by atoms with Crippen LogP contribution in [0.5, 0.6) is 0 Å². The van der Waals surface area contributed by atoms with Gasteiger partial charge in [-0.05, 0) is 148 Å². The van der Waals surface area contributed by atoms with Gasteiger partial charge in [-0.25, -0.2) is 0 Å². The minimum atomic E-state index is -0.0912. The predicted molar refractivity (Wildman–Crippen MR) is 141 cm³/mol. The molecule has 0 spiro atoms. The molecule has 0 N–H and O–H groups in total. The van der Waals surface area contributed by atoms with Crippen LogP contribution in [0.25, 0.3) is 0 Å². The molecule has 0 unspecified atom stereocenters. The molecule has 8 aliphatic carbocycles. The van der Waals surface area contributed by atoms with Crippen molar-refractivity contribution in [3.8, 4) is 0 Å². The van der Waals surface area contributed by atoms with Crippen LogP contribution in [0.4, 0.5) is 5.69 Å². The van der Waals surface area contributed by atoms with Crippen LogP contribution in [0.3, 0.4) is 0 Å². The van der Waals surface area contributed by atoms with Gasteiger partial charge in [-0.2, -0.15) is 0 Å². The van der Waals surface area contributed by atoms with Gasteiger partial charge in [-0.3, -0.25) is 0 Å². The van der Waals surface area contributed by atoms with E-state index in [0.29, 0.717) is 10.3 Å². The number of para-hydroxylation sites is 1. The lowest BCUT2D eigenvalue weighted by molar-refractivity contribution is 0.0195. The summed E-state index contributed by atoms with van der Waals surface area (Å²) in [6.07, 6.45) is 23.5. The first-order valence-electron chi connectivity index (χ1n) is 14.8. The van der Waals surface area contributed by atoms with E-state index in [9.17, 15) is 0 Å². The number of hydrogen-bond donors (Lipinski definition) is 0. The molecule has 0 amide bonds. The normalized spacial score (nSPS) is 48.4. The number of anilines is 1. The quantitative estimate of drug-likeness (QED) is 0.415. The van der Waals surface area contributed by atoms with Gasteiger partial charge in [0.1, 0.15) is 0 Å². The molecule has 10 rings (SSSR count). The van der Waals surface area contributed by atoms with Crippen molar-refractivity contribution < 1.29 is 0 Å². The predicted octanol–water partition coefficient (Wildman–Crippen LogP) is 7.72. The minimum absolute atomic E-state index is 0.0912. The summed E-state index contributed by atoms with van der Waals surface area (Å²) in [5.41, 5.74) is 1.70. The van der Waals surface area contributed by atoms with E-state index in [4.69, 9.17) is 0 Å². The number of hydrogen-bond acceptors (Lipinski definition) is 1. The molecular formula is C31H44NP. The van der Waals surface area contributed by atoms with Gasteiger partial charge in [-0.1, -0.05) is 26.1 Å². The van der Waals surface area contributed by atoms with Crippen molar-refractivity contribution in [3.05, 3.63) is 24.3 Å². The van der Waals surface area contributed by atoms with E-state index < -0.39 is 0 Å². The second-order valence-electron chi connectivity index (χ2n) is 14.2. The highest BCUT2D eigenvalue weighted by Crippen LogP contribution is 2.78. The van der Waals surface area contributed by atoms with E-state index in [1.165, 1.54) is 32.4 Å². The highest BCUT2D eigenvalue weighted by Gasteiger charge is 2.63. The van der Waals surface area contributed by atoms with Crippen molar-refractivity contribution in [3.63, 3.8) is 0 Å². The maximum absolute atomic E-state index is 2.84. The fourth-order valence-corrected chi connectivity index (χ4v) is 17.1. The Labute approximate surface area is 203 Å². The van der Waals surface area contributed by atoms with Gasteiger partial charge in [0.05, 0.1) is 0 Å². The molecule has 0 atom stereocenters. The van der Waals surface area contributed by atoms with Crippen molar-refractivity contribution in [1.82, 2.24) is 0 Å². The zero-order valence-electron chi connectivity index (χ0n) is 20.7. The van der Waals surface area contributed by atoms with Gasteiger partial charge in [-0.15, -0.1) is 0 Å². The lowest BCUT2D eigenvalue weighted by Crippen LogP contribution is -2.58. The highest BCUT2D eigenvalue weighted by atomic mass is 31.1. The van der Waals surface area contributed by atoms with Crippen molar-refractivity contribution in [1.29, 1.82) is 0 Å². The summed E-state index contributed by atoms with van der Waals surface area (Å²) in [6, 6.07) is 10.1. The number of nitrogens with zero attached hydrogens (tertiary/aromatic N) is 1. The van der Waals surface area contributed by atoms with Crippen LogP contribution in [0.2, 0.25) is 0 Å². The SMILES string of the molecule is c1ccc(P(C23CC4CC(CC(C4)C2)C3)C23CC4CC(CC(C4)C2)C3)c(N2CCCCC2)c1. The van der Waals surface area contributed by atoms with Crippen LogP contribution in [0.15, 0.2) is 24.3 Å². The van der Waals surface area contributed by atoms with Gasteiger partial charge >= 0.3 is 0 Å². The first-order valence-corrected chi connectivity index (χ1v) is 16.2. The second kappa shape index (κ2) is 7.48. The molecule has 178 valence electrons. The molecule has 0 aromatic heterocycles. The Morgan fingerprint density at radius 1 is 0.576 bits per heavy atom. The molecule has 1 aromatic carbocycles. The summed E-state index contributed by atoms with van der Waals surface area (Å²) >= 11 is 0. The van der Waals surface area contributed by atoms with E-state index in [-0.39, 0.29) is 7.92 Å². The molecule has 8 bridgehead atoms. The molecule has 1 heterocycles. The Morgan fingerprint density at radius 3 is 1.45 bits per heavy atom. The average Bonchev–Trinajstić information content (AvgIpc) is 2.78. The van der Waals surface area contributed by atoms with E-state index in [0.717, 1.165) is 35.5 Å². The van der Waals surface area contributed by atoms with Crippen molar-refractivity contribution in [2.24, 2.45) is 35.5 Å². The molecule has 33 heavy (non-hydrogen) atoms. The summed E-state index contributed by atoms with van der Waals surface area (Å²) in [6.45, 7) is 2.61. The lowest BCUT2D eigenvalue weighted by atomic mass is 9.55. The number of benzene rings is 1. The molecule has 1 nitrogen and oxygen atoms in total. The molecule has 2 heteroatoms. The van der Waals surface area contributed by atoms with Crippen molar-refractivity contribution in [2.75, 3.05) is 18.0 Å². The summed E-state index contributed by atoms with van der Waals surface area (Å²) in [5, 5.41) is 3.29. The Kier molecular flexibility index (Phi) is 4.67. The van der Waals surface area contributed by atoms with Gasteiger partial charge in [0, 0.05) is 24.1 Å². The van der Waals surface area contributed by atoms with Crippen LogP contribution in [0, 0.1) is 35.5 Å². The zero-order valence-corrected chi connectivity index (χ0v) is 21.6. The smallest absolute Gasteiger partial charge is 0.0444 e. The average molecular weight is 462 g/mol. The van der Waals surface area contributed by atoms with Crippen molar-refractivity contribution >= 4 is 18.9 Å².